The summed E-state index contributed by atoms with van der Waals surface area (Å²) in [5.74, 6) is 0.768. The van der Waals surface area contributed by atoms with Crippen molar-refractivity contribution in [3.63, 3.8) is 0 Å². The SMILES string of the molecule is CCCC(OCC)/C(OCC)=C(\[Si])OCC. The van der Waals surface area contributed by atoms with Crippen molar-refractivity contribution in [3.8, 4) is 0 Å². The van der Waals surface area contributed by atoms with Gasteiger partial charge in [-0.1, -0.05) is 13.3 Å². The van der Waals surface area contributed by atoms with Crippen molar-refractivity contribution in [1.29, 1.82) is 0 Å². The molecule has 0 heterocycles. The molecule has 1 atom stereocenters. The van der Waals surface area contributed by atoms with E-state index in [4.69, 9.17) is 14.2 Å². The van der Waals surface area contributed by atoms with Crippen molar-refractivity contribution in [1.82, 2.24) is 0 Å². The van der Waals surface area contributed by atoms with E-state index in [1.54, 1.807) is 0 Å². The Morgan fingerprint density at radius 1 is 1.00 bits per heavy atom. The molecule has 3 radical (unpaired) electrons. The Hall–Kier alpha value is -0.483. The molecule has 0 bridgehead atoms. The van der Waals surface area contributed by atoms with E-state index in [1.165, 1.54) is 0 Å². The summed E-state index contributed by atoms with van der Waals surface area (Å²) < 4.78 is 16.7. The van der Waals surface area contributed by atoms with E-state index in [2.05, 4.69) is 17.2 Å². The summed E-state index contributed by atoms with van der Waals surface area (Å²) in [6.07, 6.45) is 1.96. The maximum Gasteiger partial charge on any atom is 0.156 e. The van der Waals surface area contributed by atoms with E-state index in [-0.39, 0.29) is 6.10 Å². The van der Waals surface area contributed by atoms with Crippen LogP contribution in [0.2, 0.25) is 0 Å². The van der Waals surface area contributed by atoms with Gasteiger partial charge in [-0.15, -0.1) is 0 Å². The van der Waals surface area contributed by atoms with Crippen molar-refractivity contribution < 1.29 is 14.2 Å². The largest absolute Gasteiger partial charge is 0.501 e. The molecular weight excluding hydrogens is 220 g/mol. The Balaban J connectivity index is 4.73. The Morgan fingerprint density at radius 3 is 2.06 bits per heavy atom. The molecule has 0 amide bonds. The molecule has 0 aliphatic rings. The number of ether oxygens (including phenoxy) is 3. The normalized spacial score (nSPS) is 14.3. The van der Waals surface area contributed by atoms with Gasteiger partial charge in [0.2, 0.25) is 0 Å². The van der Waals surface area contributed by atoms with Crippen LogP contribution < -0.4 is 0 Å². The summed E-state index contributed by atoms with van der Waals surface area (Å²) in [5.41, 5.74) is 0. The van der Waals surface area contributed by atoms with E-state index >= 15 is 0 Å². The van der Waals surface area contributed by atoms with Crippen LogP contribution in [0.3, 0.4) is 0 Å². The molecule has 0 aliphatic carbocycles. The summed E-state index contributed by atoms with van der Waals surface area (Å²) in [7, 11) is 3.45. The maximum absolute atomic E-state index is 5.67. The second-order valence-electron chi connectivity index (χ2n) is 3.29. The predicted octanol–water partition coefficient (Wildman–Crippen LogP) is 2.60. The van der Waals surface area contributed by atoms with Gasteiger partial charge in [0.15, 0.2) is 5.76 Å². The van der Waals surface area contributed by atoms with Gasteiger partial charge in [0, 0.05) is 6.61 Å². The van der Waals surface area contributed by atoms with Crippen LogP contribution in [0.5, 0.6) is 0 Å². The molecule has 0 aromatic rings. The predicted molar refractivity (Wildman–Crippen MR) is 66.4 cm³/mol. The van der Waals surface area contributed by atoms with Crippen LogP contribution >= 0.6 is 0 Å². The zero-order valence-corrected chi connectivity index (χ0v) is 11.8. The molecular formula is C12H23O3Si. The Kier molecular flexibility index (Phi) is 9.43. The molecule has 0 fully saturated rings. The van der Waals surface area contributed by atoms with Crippen molar-refractivity contribution in [3.05, 3.63) is 11.1 Å². The van der Waals surface area contributed by atoms with Crippen molar-refractivity contribution >= 4 is 10.2 Å². The van der Waals surface area contributed by atoms with Crippen molar-refractivity contribution in [2.24, 2.45) is 0 Å². The molecule has 0 spiro atoms. The van der Waals surface area contributed by atoms with E-state index in [1.807, 2.05) is 20.8 Å². The fourth-order valence-corrected chi connectivity index (χ4v) is 1.81. The molecule has 0 aromatic heterocycles. The minimum Gasteiger partial charge on any atom is -0.501 e. The minimum atomic E-state index is -0.0194. The second kappa shape index (κ2) is 9.72. The number of rotatable bonds is 9. The molecule has 0 rings (SSSR count). The lowest BCUT2D eigenvalue weighted by Crippen LogP contribution is -2.21. The summed E-state index contributed by atoms with van der Waals surface area (Å²) in [4.78, 5) is 0. The third-order valence-corrected chi connectivity index (χ3v) is 2.41. The van der Waals surface area contributed by atoms with Crippen molar-refractivity contribution in [2.75, 3.05) is 19.8 Å². The van der Waals surface area contributed by atoms with Crippen LogP contribution in [-0.2, 0) is 14.2 Å². The highest BCUT2D eigenvalue weighted by atomic mass is 28.1. The van der Waals surface area contributed by atoms with Crippen LogP contribution in [0.1, 0.15) is 40.5 Å². The first kappa shape index (κ1) is 15.5. The van der Waals surface area contributed by atoms with Gasteiger partial charge in [-0.05, 0) is 27.2 Å². The first-order chi connectivity index (χ1) is 7.71. The second-order valence-corrected chi connectivity index (χ2v) is 3.75. The van der Waals surface area contributed by atoms with Gasteiger partial charge in [0.1, 0.15) is 21.7 Å². The third-order valence-electron chi connectivity index (χ3n) is 2.02. The van der Waals surface area contributed by atoms with E-state index < -0.39 is 0 Å². The van der Waals surface area contributed by atoms with Gasteiger partial charge in [0.05, 0.1) is 13.2 Å². The quantitative estimate of drug-likeness (QED) is 0.460. The molecule has 0 saturated heterocycles. The fraction of sp³-hybridized carbons (Fsp3) is 0.833. The van der Waals surface area contributed by atoms with E-state index in [9.17, 15) is 0 Å². The molecule has 3 nitrogen and oxygen atoms in total. The van der Waals surface area contributed by atoms with E-state index in [0.717, 1.165) is 18.6 Å². The highest BCUT2D eigenvalue weighted by molar-refractivity contribution is 6.20. The maximum atomic E-state index is 5.67. The van der Waals surface area contributed by atoms with Crippen LogP contribution in [0.4, 0.5) is 0 Å². The van der Waals surface area contributed by atoms with Crippen LogP contribution in [-0.4, -0.2) is 36.2 Å². The lowest BCUT2D eigenvalue weighted by molar-refractivity contribution is 0.0252. The van der Waals surface area contributed by atoms with Gasteiger partial charge in [-0.3, -0.25) is 0 Å². The summed E-state index contributed by atoms with van der Waals surface area (Å²) in [5, 5.41) is 0.649. The standard InChI is InChI=1S/C12H23O3Si/c1-5-9-10(13-6-2)11(14-7-3)12(16)15-8-4/h10H,5-9H2,1-4H3/b12-11+. The highest BCUT2D eigenvalue weighted by Gasteiger charge is 2.18. The Bertz CT molecular complexity index is 198. The molecule has 1 unspecified atom stereocenters. The fourth-order valence-electron chi connectivity index (χ4n) is 1.43. The summed E-state index contributed by atoms with van der Waals surface area (Å²) >= 11 is 0. The van der Waals surface area contributed by atoms with Gasteiger partial charge >= 0.3 is 0 Å². The zero-order chi connectivity index (χ0) is 12.4. The molecule has 0 N–H and O–H groups in total. The molecule has 0 saturated carbocycles. The smallest absolute Gasteiger partial charge is 0.156 e. The van der Waals surface area contributed by atoms with Gasteiger partial charge in [0.25, 0.3) is 0 Å². The molecule has 16 heavy (non-hydrogen) atoms. The Morgan fingerprint density at radius 2 is 1.62 bits per heavy atom. The molecule has 0 aromatic carbocycles. The topological polar surface area (TPSA) is 27.7 Å². The Labute approximate surface area is 103 Å². The molecule has 93 valence electrons. The number of hydrogen-bond acceptors (Lipinski definition) is 3. The average Bonchev–Trinajstić information content (AvgIpc) is 2.26. The monoisotopic (exact) mass is 243 g/mol. The summed E-state index contributed by atoms with van der Waals surface area (Å²) in [6, 6.07) is 0. The van der Waals surface area contributed by atoms with Gasteiger partial charge < -0.3 is 14.2 Å². The third kappa shape index (κ3) is 5.56. The lowest BCUT2D eigenvalue weighted by Gasteiger charge is -2.22. The van der Waals surface area contributed by atoms with Crippen LogP contribution in [0.25, 0.3) is 0 Å². The minimum absolute atomic E-state index is 0.0194. The first-order valence-corrected chi connectivity index (χ1v) is 6.54. The van der Waals surface area contributed by atoms with Gasteiger partial charge in [-0.25, -0.2) is 0 Å². The lowest BCUT2D eigenvalue weighted by atomic mass is 10.2. The van der Waals surface area contributed by atoms with E-state index in [0.29, 0.717) is 25.2 Å². The average molecular weight is 243 g/mol. The summed E-state index contributed by atoms with van der Waals surface area (Å²) in [6.45, 7) is 9.92. The van der Waals surface area contributed by atoms with Crippen LogP contribution in [0, 0.1) is 0 Å². The number of hydrogen-bond donors (Lipinski definition) is 0. The highest BCUT2D eigenvalue weighted by Crippen LogP contribution is 2.18. The van der Waals surface area contributed by atoms with Crippen LogP contribution in [0.15, 0.2) is 11.1 Å². The molecule has 0 aliphatic heterocycles. The van der Waals surface area contributed by atoms with Gasteiger partial charge in [-0.2, -0.15) is 0 Å². The first-order valence-electron chi connectivity index (χ1n) is 6.04. The zero-order valence-electron chi connectivity index (χ0n) is 10.8. The van der Waals surface area contributed by atoms with Crippen molar-refractivity contribution in [2.45, 2.75) is 46.6 Å². The molecule has 4 heteroatoms.